The molecule has 1 atom stereocenters. The van der Waals surface area contributed by atoms with Crippen LogP contribution in [0.15, 0.2) is 26.9 Å². The minimum Gasteiger partial charge on any atom is -0.336 e. The maximum atomic E-state index is 12.9. The van der Waals surface area contributed by atoms with Gasteiger partial charge in [-0.1, -0.05) is 11.2 Å². The second-order valence-electron chi connectivity index (χ2n) is 8.20. The van der Waals surface area contributed by atoms with Crippen LogP contribution in [-0.4, -0.2) is 55.6 Å². The van der Waals surface area contributed by atoms with Crippen LogP contribution in [-0.2, 0) is 19.5 Å². The zero-order chi connectivity index (χ0) is 21.4. The number of rotatable bonds is 4. The van der Waals surface area contributed by atoms with Gasteiger partial charge >= 0.3 is 0 Å². The van der Waals surface area contributed by atoms with Crippen molar-refractivity contribution in [3.05, 3.63) is 61.2 Å². The lowest BCUT2D eigenvalue weighted by Crippen LogP contribution is -2.41. The van der Waals surface area contributed by atoms with E-state index in [0.29, 0.717) is 31.2 Å². The summed E-state index contributed by atoms with van der Waals surface area (Å²) in [6.07, 6.45) is 2.49. The van der Waals surface area contributed by atoms with Gasteiger partial charge in [-0.3, -0.25) is 14.5 Å². The summed E-state index contributed by atoms with van der Waals surface area (Å²) in [6.45, 7) is 5.20. The van der Waals surface area contributed by atoms with Crippen LogP contribution < -0.4 is 5.56 Å². The van der Waals surface area contributed by atoms with Crippen molar-refractivity contribution < 1.29 is 9.42 Å². The van der Waals surface area contributed by atoms with Crippen molar-refractivity contribution in [2.75, 3.05) is 19.6 Å². The summed E-state index contributed by atoms with van der Waals surface area (Å²) >= 11 is 1.74. The summed E-state index contributed by atoms with van der Waals surface area (Å²) < 4.78 is 4.68. The number of carbonyl (C=O) groups is 1. The molecule has 5 rings (SSSR count). The largest absolute Gasteiger partial charge is 0.336 e. The normalized spacial score (nSPS) is 19.4. The molecule has 1 fully saturated rings. The zero-order valence-electron chi connectivity index (χ0n) is 17.3. The lowest BCUT2D eigenvalue weighted by Gasteiger charge is -2.32. The van der Waals surface area contributed by atoms with E-state index in [4.69, 9.17) is 4.98 Å². The van der Waals surface area contributed by atoms with Gasteiger partial charge < -0.3 is 9.88 Å². The van der Waals surface area contributed by atoms with Crippen LogP contribution in [0.4, 0.5) is 0 Å². The smallest absolute Gasteiger partial charge is 0.278 e. The summed E-state index contributed by atoms with van der Waals surface area (Å²) in [4.78, 5) is 38.9. The molecule has 31 heavy (non-hydrogen) atoms. The second kappa shape index (κ2) is 8.35. The third kappa shape index (κ3) is 4.05. The molecule has 1 amide bonds. The van der Waals surface area contributed by atoms with Crippen molar-refractivity contribution in [2.45, 2.75) is 45.2 Å². The Balaban J connectivity index is 1.32. The second-order valence-corrected chi connectivity index (χ2v) is 9.24. The van der Waals surface area contributed by atoms with Crippen molar-refractivity contribution in [1.29, 1.82) is 0 Å². The van der Waals surface area contributed by atoms with Crippen LogP contribution in [0.1, 0.15) is 56.9 Å². The average molecular weight is 441 g/mol. The lowest BCUT2D eigenvalue weighted by atomic mass is 9.96. The molecule has 0 aliphatic carbocycles. The first-order valence-corrected chi connectivity index (χ1v) is 11.4. The number of hydrogen-bond acceptors (Lipinski definition) is 8. The highest BCUT2D eigenvalue weighted by Gasteiger charge is 2.31. The van der Waals surface area contributed by atoms with Gasteiger partial charge in [-0.25, -0.2) is 9.61 Å². The Labute approximate surface area is 183 Å². The van der Waals surface area contributed by atoms with Gasteiger partial charge in [0, 0.05) is 49.9 Å². The first-order valence-electron chi connectivity index (χ1n) is 10.5. The fourth-order valence-corrected chi connectivity index (χ4v) is 5.16. The number of nitrogens with zero attached hydrogens (tertiary/aromatic N) is 5. The van der Waals surface area contributed by atoms with Crippen molar-refractivity contribution >= 4 is 17.2 Å². The van der Waals surface area contributed by atoms with E-state index >= 15 is 0 Å². The molecule has 0 spiro atoms. The first kappa shape index (κ1) is 20.1. The number of aromatic nitrogens is 4. The Morgan fingerprint density at radius 1 is 1.35 bits per heavy atom. The molecule has 0 bridgehead atoms. The van der Waals surface area contributed by atoms with Crippen molar-refractivity contribution in [3.63, 3.8) is 0 Å². The van der Waals surface area contributed by atoms with Gasteiger partial charge in [0.25, 0.3) is 11.5 Å². The molecule has 0 saturated carbocycles. The number of aryl methyl sites for hydroxylation is 1. The van der Waals surface area contributed by atoms with Crippen LogP contribution >= 0.6 is 11.3 Å². The van der Waals surface area contributed by atoms with Crippen LogP contribution in [0, 0.1) is 6.92 Å². The van der Waals surface area contributed by atoms with E-state index in [-0.39, 0.29) is 23.1 Å². The third-order valence-corrected chi connectivity index (χ3v) is 6.94. The van der Waals surface area contributed by atoms with Crippen LogP contribution in [0.2, 0.25) is 0 Å². The third-order valence-electron chi connectivity index (χ3n) is 6.08. The molecule has 0 radical (unpaired) electrons. The molecule has 0 aromatic carbocycles. The van der Waals surface area contributed by atoms with E-state index in [1.165, 1.54) is 4.88 Å². The molecule has 162 valence electrons. The van der Waals surface area contributed by atoms with Crippen molar-refractivity contribution in [3.8, 4) is 0 Å². The van der Waals surface area contributed by atoms with E-state index in [9.17, 15) is 9.59 Å². The molecule has 9 nitrogen and oxygen atoms in total. The highest BCUT2D eigenvalue weighted by molar-refractivity contribution is 7.09. The molecule has 2 aliphatic heterocycles. The number of likely N-dealkylation sites (tertiary alicyclic amines) is 1. The fourth-order valence-electron chi connectivity index (χ4n) is 4.41. The van der Waals surface area contributed by atoms with Gasteiger partial charge in [0.15, 0.2) is 5.69 Å². The summed E-state index contributed by atoms with van der Waals surface area (Å²) in [7, 11) is 0. The van der Waals surface area contributed by atoms with Crippen LogP contribution in [0.3, 0.4) is 0 Å². The van der Waals surface area contributed by atoms with Gasteiger partial charge in [-0.2, -0.15) is 0 Å². The van der Waals surface area contributed by atoms with Gasteiger partial charge in [0.2, 0.25) is 0 Å². The Kier molecular flexibility index (Phi) is 5.41. The highest BCUT2D eigenvalue weighted by Crippen LogP contribution is 2.27. The van der Waals surface area contributed by atoms with E-state index in [0.717, 1.165) is 43.6 Å². The Morgan fingerprint density at radius 2 is 2.26 bits per heavy atom. The molecule has 1 saturated heterocycles. The minimum atomic E-state index is -0.187. The standard InChI is InChI=1S/C21H24N6O3S/c1-13-18(25-30-24-13)21(29)27-7-2-4-14(10-27)19-22-17-6-8-26(11-15-5-3-9-31-15)12-16(17)20(28)23-19/h3,5,9,14H,2,4,6-8,10-12H2,1H3,(H,22,23,28)/t14-/m0/s1. The maximum Gasteiger partial charge on any atom is 0.278 e. The predicted octanol–water partition coefficient (Wildman–Crippen LogP) is 2.10. The van der Waals surface area contributed by atoms with E-state index in [2.05, 4.69) is 42.3 Å². The summed E-state index contributed by atoms with van der Waals surface area (Å²) in [5.74, 6) is 0.496. The topological polar surface area (TPSA) is 108 Å². The highest BCUT2D eigenvalue weighted by atomic mass is 32.1. The number of H-pyrrole nitrogens is 1. The van der Waals surface area contributed by atoms with E-state index in [1.54, 1.807) is 23.2 Å². The van der Waals surface area contributed by atoms with E-state index < -0.39 is 0 Å². The number of nitrogens with one attached hydrogen (secondary N) is 1. The van der Waals surface area contributed by atoms with Gasteiger partial charge in [-0.05, 0) is 36.4 Å². The quantitative estimate of drug-likeness (QED) is 0.662. The number of carbonyl (C=O) groups excluding carboxylic acids is 1. The molecule has 2 aliphatic rings. The summed E-state index contributed by atoms with van der Waals surface area (Å²) in [5, 5.41) is 9.52. The van der Waals surface area contributed by atoms with Gasteiger partial charge in [0.05, 0.1) is 11.3 Å². The predicted molar refractivity (Wildman–Crippen MR) is 114 cm³/mol. The number of piperidine rings is 1. The SMILES string of the molecule is Cc1nonc1C(=O)N1CCC[C@H](c2nc3c(c(=O)[nH]2)CN(Cc2cccs2)CC3)C1. The van der Waals surface area contributed by atoms with Crippen molar-refractivity contribution in [1.82, 2.24) is 30.1 Å². The number of amides is 1. The number of aromatic amines is 1. The Morgan fingerprint density at radius 3 is 3.03 bits per heavy atom. The first-order chi connectivity index (χ1) is 15.1. The molecule has 10 heteroatoms. The summed E-state index contributed by atoms with van der Waals surface area (Å²) in [6, 6.07) is 4.18. The van der Waals surface area contributed by atoms with E-state index in [1.807, 2.05) is 0 Å². The van der Waals surface area contributed by atoms with Gasteiger partial charge in [0.1, 0.15) is 11.5 Å². The average Bonchev–Trinajstić information content (AvgIpc) is 3.45. The molecular formula is C21H24N6O3S. The molecule has 3 aromatic rings. The van der Waals surface area contributed by atoms with Gasteiger partial charge in [-0.15, -0.1) is 11.3 Å². The lowest BCUT2D eigenvalue weighted by molar-refractivity contribution is 0.0692. The van der Waals surface area contributed by atoms with Crippen LogP contribution in [0.5, 0.6) is 0 Å². The fraction of sp³-hybridized carbons (Fsp3) is 0.476. The van der Waals surface area contributed by atoms with Crippen LogP contribution in [0.25, 0.3) is 0 Å². The molecule has 0 unspecified atom stereocenters. The summed E-state index contributed by atoms with van der Waals surface area (Å²) in [5.41, 5.74) is 2.33. The molecular weight excluding hydrogens is 416 g/mol. The molecule has 5 heterocycles. The Hall–Kier alpha value is -2.85. The molecule has 1 N–H and O–H groups in total. The Bertz CT molecular complexity index is 1140. The number of thiophene rings is 1. The zero-order valence-corrected chi connectivity index (χ0v) is 18.2. The number of hydrogen-bond donors (Lipinski definition) is 1. The maximum absolute atomic E-state index is 12.9. The number of fused-ring (bicyclic) bond motifs is 1. The molecule has 3 aromatic heterocycles. The monoisotopic (exact) mass is 440 g/mol. The van der Waals surface area contributed by atoms with Crippen molar-refractivity contribution in [2.24, 2.45) is 0 Å². The minimum absolute atomic E-state index is 0.0000136.